The maximum atomic E-state index is 13.7. The van der Waals surface area contributed by atoms with Crippen LogP contribution in [0, 0.1) is 17.6 Å². The molecule has 3 rings (SSSR count). The van der Waals surface area contributed by atoms with Gasteiger partial charge in [-0.05, 0) is 57.2 Å². The quantitative estimate of drug-likeness (QED) is 0.734. The topological polar surface area (TPSA) is 15.3 Å². The van der Waals surface area contributed by atoms with Gasteiger partial charge in [0.1, 0.15) is 11.6 Å². The van der Waals surface area contributed by atoms with Crippen molar-refractivity contribution in [1.29, 1.82) is 0 Å². The first-order valence-electron chi connectivity index (χ1n) is 10.2. The van der Waals surface area contributed by atoms with E-state index in [-0.39, 0.29) is 0 Å². The van der Waals surface area contributed by atoms with Gasteiger partial charge in [0.05, 0.1) is 0 Å². The molecule has 0 amide bonds. The maximum Gasteiger partial charge on any atom is 0.133 e. The number of nitrogens with one attached hydrogen (secondary N) is 1. The van der Waals surface area contributed by atoms with Crippen molar-refractivity contribution in [2.24, 2.45) is 5.92 Å². The lowest BCUT2D eigenvalue weighted by atomic mass is 9.89. The molecule has 1 aromatic rings. The summed E-state index contributed by atoms with van der Waals surface area (Å²) in [6.45, 7) is 6.22. The van der Waals surface area contributed by atoms with Gasteiger partial charge in [0.2, 0.25) is 0 Å². The Kier molecular flexibility index (Phi) is 7.21. The molecular weight excluding hydrogens is 330 g/mol. The molecule has 1 saturated carbocycles. The second-order valence-corrected chi connectivity index (χ2v) is 8.08. The highest BCUT2D eigenvalue weighted by Crippen LogP contribution is 2.27. The van der Waals surface area contributed by atoms with E-state index in [0.717, 1.165) is 30.6 Å². The molecule has 26 heavy (non-hydrogen) atoms. The van der Waals surface area contributed by atoms with Crippen molar-refractivity contribution in [1.82, 2.24) is 10.2 Å². The summed E-state index contributed by atoms with van der Waals surface area (Å²) in [5, 5.41) is 3.54. The minimum Gasteiger partial charge on any atom is -0.311 e. The Morgan fingerprint density at radius 3 is 2.73 bits per heavy atom. The van der Waals surface area contributed by atoms with E-state index >= 15 is 0 Å². The summed E-state index contributed by atoms with van der Waals surface area (Å²) in [7, 11) is 0. The molecule has 1 unspecified atom stereocenters. The zero-order valence-electron chi connectivity index (χ0n) is 15.9. The fourth-order valence-electron chi connectivity index (χ4n) is 4.44. The third-order valence-corrected chi connectivity index (χ3v) is 5.86. The molecule has 0 aromatic heterocycles. The smallest absolute Gasteiger partial charge is 0.133 e. The average Bonchev–Trinajstić information content (AvgIpc) is 3.05. The van der Waals surface area contributed by atoms with Gasteiger partial charge in [0.15, 0.2) is 0 Å². The molecule has 0 radical (unpaired) electrons. The third kappa shape index (κ3) is 5.62. The fourth-order valence-corrected chi connectivity index (χ4v) is 4.44. The van der Waals surface area contributed by atoms with Crippen LogP contribution in [0.2, 0.25) is 0 Å². The Labute approximate surface area is 156 Å². The minimum atomic E-state index is -0.533. The van der Waals surface area contributed by atoms with Crippen LogP contribution < -0.4 is 5.32 Å². The van der Waals surface area contributed by atoms with Gasteiger partial charge in [-0.3, -0.25) is 4.90 Å². The van der Waals surface area contributed by atoms with E-state index < -0.39 is 11.6 Å². The number of hydrogen-bond donors (Lipinski definition) is 1. The summed E-state index contributed by atoms with van der Waals surface area (Å²) >= 11 is 0. The zero-order valence-corrected chi connectivity index (χ0v) is 15.9. The molecule has 1 heterocycles. The molecule has 1 N–H and O–H groups in total. The molecule has 1 atom stereocenters. The lowest BCUT2D eigenvalue weighted by Crippen LogP contribution is -2.41. The fraction of sp³-hybridized carbons (Fsp3) is 0.636. The molecule has 0 bridgehead atoms. The Morgan fingerprint density at radius 1 is 1.15 bits per heavy atom. The van der Waals surface area contributed by atoms with Gasteiger partial charge in [-0.15, -0.1) is 0 Å². The molecule has 1 saturated heterocycles. The van der Waals surface area contributed by atoms with Gasteiger partial charge in [-0.1, -0.05) is 30.9 Å². The van der Waals surface area contributed by atoms with Crippen molar-refractivity contribution in [2.45, 2.75) is 57.9 Å². The monoisotopic (exact) mass is 362 g/mol. The average molecular weight is 363 g/mol. The molecule has 2 nitrogen and oxygen atoms in total. The van der Waals surface area contributed by atoms with Crippen molar-refractivity contribution < 1.29 is 8.78 Å². The van der Waals surface area contributed by atoms with Crippen molar-refractivity contribution in [3.63, 3.8) is 0 Å². The van der Waals surface area contributed by atoms with E-state index in [0.29, 0.717) is 11.6 Å². The molecule has 1 aliphatic heterocycles. The van der Waals surface area contributed by atoms with Crippen LogP contribution in [0.15, 0.2) is 23.8 Å². The molecule has 4 heteroatoms. The SMILES string of the molecule is CC(=Cc1ccc(F)cc1F)CNCC1CCCN1CC1CCCCC1. The second-order valence-electron chi connectivity index (χ2n) is 8.08. The van der Waals surface area contributed by atoms with E-state index in [9.17, 15) is 8.78 Å². The molecule has 2 aliphatic rings. The first-order valence-corrected chi connectivity index (χ1v) is 10.2. The predicted molar refractivity (Wildman–Crippen MR) is 104 cm³/mol. The van der Waals surface area contributed by atoms with Crippen LogP contribution in [0.25, 0.3) is 6.08 Å². The standard InChI is InChI=1S/C22H32F2N2/c1-17(12-19-9-10-20(23)13-22(19)24)14-25-15-21-8-5-11-26(21)16-18-6-3-2-4-7-18/h9-10,12-13,18,21,25H,2-8,11,14-16H2,1H3. The van der Waals surface area contributed by atoms with Gasteiger partial charge >= 0.3 is 0 Å². The van der Waals surface area contributed by atoms with Crippen LogP contribution in [0.3, 0.4) is 0 Å². The number of hydrogen-bond acceptors (Lipinski definition) is 2. The summed E-state index contributed by atoms with van der Waals surface area (Å²) in [5.41, 5.74) is 1.51. The molecule has 2 fully saturated rings. The van der Waals surface area contributed by atoms with Gasteiger partial charge in [-0.25, -0.2) is 8.78 Å². The van der Waals surface area contributed by atoms with E-state index in [1.54, 1.807) is 6.08 Å². The summed E-state index contributed by atoms with van der Waals surface area (Å²) in [4.78, 5) is 2.68. The largest absolute Gasteiger partial charge is 0.311 e. The summed E-state index contributed by atoms with van der Waals surface area (Å²) in [6, 6.07) is 4.37. The predicted octanol–water partition coefficient (Wildman–Crippen LogP) is 5.00. The minimum absolute atomic E-state index is 0.450. The van der Waals surface area contributed by atoms with E-state index in [4.69, 9.17) is 0 Å². The van der Waals surface area contributed by atoms with E-state index in [1.807, 2.05) is 6.92 Å². The highest BCUT2D eigenvalue weighted by Gasteiger charge is 2.26. The zero-order chi connectivity index (χ0) is 18.4. The van der Waals surface area contributed by atoms with Crippen LogP contribution in [0.5, 0.6) is 0 Å². The number of nitrogens with zero attached hydrogens (tertiary/aromatic N) is 1. The molecule has 0 spiro atoms. The van der Waals surface area contributed by atoms with Crippen molar-refractivity contribution in [2.75, 3.05) is 26.2 Å². The Morgan fingerprint density at radius 2 is 1.96 bits per heavy atom. The van der Waals surface area contributed by atoms with Crippen LogP contribution in [0.1, 0.15) is 57.4 Å². The van der Waals surface area contributed by atoms with Crippen LogP contribution in [-0.4, -0.2) is 37.1 Å². The van der Waals surface area contributed by atoms with Gasteiger partial charge < -0.3 is 5.32 Å². The lowest BCUT2D eigenvalue weighted by Gasteiger charge is -2.31. The molecule has 144 valence electrons. The van der Waals surface area contributed by atoms with Crippen LogP contribution in [-0.2, 0) is 0 Å². The van der Waals surface area contributed by atoms with Crippen LogP contribution in [0.4, 0.5) is 8.78 Å². The first-order chi connectivity index (χ1) is 12.6. The Hall–Kier alpha value is -1.26. The number of likely N-dealkylation sites (tertiary alicyclic amines) is 1. The number of benzene rings is 1. The highest BCUT2D eigenvalue weighted by molar-refractivity contribution is 5.53. The van der Waals surface area contributed by atoms with E-state index in [1.165, 1.54) is 70.2 Å². The normalized spacial score (nSPS) is 22.9. The number of halogens is 2. The second kappa shape index (κ2) is 9.61. The van der Waals surface area contributed by atoms with E-state index in [2.05, 4.69) is 10.2 Å². The van der Waals surface area contributed by atoms with Gasteiger partial charge in [0.25, 0.3) is 0 Å². The van der Waals surface area contributed by atoms with Crippen molar-refractivity contribution >= 4 is 6.08 Å². The third-order valence-electron chi connectivity index (χ3n) is 5.86. The number of rotatable bonds is 7. The molecule has 1 aromatic carbocycles. The highest BCUT2D eigenvalue weighted by atomic mass is 19.1. The molecular formula is C22H32F2N2. The van der Waals surface area contributed by atoms with Gasteiger partial charge in [0, 0.05) is 37.3 Å². The first kappa shape index (κ1) is 19.5. The summed E-state index contributed by atoms with van der Waals surface area (Å²) in [6.07, 6.45) is 11.4. The Balaban J connectivity index is 1.44. The molecule has 1 aliphatic carbocycles. The summed E-state index contributed by atoms with van der Waals surface area (Å²) < 4.78 is 26.7. The lowest BCUT2D eigenvalue weighted by molar-refractivity contribution is 0.185. The Bertz CT molecular complexity index is 608. The van der Waals surface area contributed by atoms with Crippen molar-refractivity contribution in [3.8, 4) is 0 Å². The maximum absolute atomic E-state index is 13.7. The van der Waals surface area contributed by atoms with Gasteiger partial charge in [-0.2, -0.15) is 0 Å². The van der Waals surface area contributed by atoms with Crippen molar-refractivity contribution in [3.05, 3.63) is 41.0 Å². The summed E-state index contributed by atoms with van der Waals surface area (Å²) in [5.74, 6) is -0.138. The van der Waals surface area contributed by atoms with Crippen LogP contribution >= 0.6 is 0 Å².